The van der Waals surface area contributed by atoms with Crippen molar-refractivity contribution < 1.29 is 4.79 Å². The van der Waals surface area contributed by atoms with Crippen LogP contribution in [-0.2, 0) is 11.2 Å². The summed E-state index contributed by atoms with van der Waals surface area (Å²) in [6, 6.07) is 10.0. The number of benzene rings is 1. The van der Waals surface area contributed by atoms with Crippen molar-refractivity contribution in [1.82, 2.24) is 0 Å². The van der Waals surface area contributed by atoms with Gasteiger partial charge in [-0.05, 0) is 12.0 Å². The molecule has 0 atom stereocenters. The summed E-state index contributed by atoms with van der Waals surface area (Å²) in [5, 5.41) is 0. The molecule has 0 amide bonds. The maximum absolute atomic E-state index is 9.98. The molecule has 0 N–H and O–H groups in total. The third kappa shape index (κ3) is 4.03. The van der Waals surface area contributed by atoms with E-state index < -0.39 is 0 Å². The van der Waals surface area contributed by atoms with Gasteiger partial charge in [0.05, 0.1) is 0 Å². The first-order valence-corrected chi connectivity index (χ1v) is 3.41. The summed E-state index contributed by atoms with van der Waals surface area (Å²) in [5.41, 5.74) is 1.23. The quantitative estimate of drug-likeness (QED) is 0.457. The Labute approximate surface area is 79.0 Å². The number of rotatable bonds is 3. The molecule has 0 unspecified atom stereocenters. The van der Waals surface area contributed by atoms with E-state index in [9.17, 15) is 4.79 Å². The fraction of sp³-hybridized carbons (Fsp3) is 0.222. The molecule has 0 fully saturated rings. The Kier molecular flexibility index (Phi) is 5.92. The van der Waals surface area contributed by atoms with Crippen LogP contribution in [0, 0.1) is 0 Å². The summed E-state index contributed by atoms with van der Waals surface area (Å²) < 4.78 is 0. The molecule has 11 heavy (non-hydrogen) atoms. The molecule has 0 saturated carbocycles. The van der Waals surface area contributed by atoms with Gasteiger partial charge in [0.25, 0.3) is 0 Å². The van der Waals surface area contributed by atoms with Crippen LogP contribution < -0.4 is 0 Å². The van der Waals surface area contributed by atoms with E-state index >= 15 is 0 Å². The van der Waals surface area contributed by atoms with Crippen molar-refractivity contribution in [3.63, 3.8) is 0 Å². The molecule has 0 aliphatic heterocycles. The topological polar surface area (TPSA) is 17.1 Å². The number of carbonyl (C=O) groups excluding carboxylic acids is 1. The molecule has 1 nitrogen and oxygen atoms in total. The molecule has 2 heteroatoms. The van der Waals surface area contributed by atoms with Crippen LogP contribution in [0.5, 0.6) is 0 Å². The van der Waals surface area contributed by atoms with Gasteiger partial charge in [0, 0.05) is 6.42 Å². The van der Waals surface area contributed by atoms with Crippen molar-refractivity contribution in [2.24, 2.45) is 0 Å². The first-order chi connectivity index (χ1) is 4.93. The van der Waals surface area contributed by atoms with Crippen LogP contribution in [0.4, 0.5) is 0 Å². The van der Waals surface area contributed by atoms with Crippen LogP contribution in [0.1, 0.15) is 12.0 Å². The van der Waals surface area contributed by atoms with E-state index in [2.05, 4.69) is 0 Å². The fourth-order valence-corrected chi connectivity index (χ4v) is 0.870. The first kappa shape index (κ1) is 10.5. The van der Waals surface area contributed by atoms with Crippen LogP contribution >= 0.6 is 0 Å². The second-order valence-corrected chi connectivity index (χ2v) is 2.19. The van der Waals surface area contributed by atoms with Crippen molar-refractivity contribution >= 4 is 25.1 Å². The number of carbonyl (C=O) groups is 1. The second kappa shape index (κ2) is 6.21. The molecule has 1 rings (SSSR count). The average molecular weight is 142 g/mol. The molecule has 0 spiro atoms. The van der Waals surface area contributed by atoms with Gasteiger partial charge in [0.2, 0.25) is 0 Å². The van der Waals surface area contributed by atoms with Gasteiger partial charge in [0.1, 0.15) is 6.29 Å². The molecule has 0 aromatic heterocycles. The van der Waals surface area contributed by atoms with Gasteiger partial charge < -0.3 is 4.79 Å². The van der Waals surface area contributed by atoms with E-state index in [0.29, 0.717) is 6.42 Å². The molecule has 0 saturated heterocycles. The Hall–Kier alpha value is -0.513. The molecule has 0 aliphatic rings. The first-order valence-electron chi connectivity index (χ1n) is 3.41. The van der Waals surface area contributed by atoms with E-state index in [4.69, 9.17) is 0 Å². The summed E-state index contributed by atoms with van der Waals surface area (Å²) in [6.07, 6.45) is 2.45. The summed E-state index contributed by atoms with van der Waals surface area (Å²) in [7, 11) is 0. The van der Waals surface area contributed by atoms with Crippen molar-refractivity contribution in [2.45, 2.75) is 12.8 Å². The minimum absolute atomic E-state index is 0. The van der Waals surface area contributed by atoms with Gasteiger partial charge in [-0.25, -0.2) is 0 Å². The van der Waals surface area contributed by atoms with Gasteiger partial charge in [-0.2, -0.15) is 0 Å². The number of hydrogen-bond donors (Lipinski definition) is 0. The van der Waals surface area contributed by atoms with Crippen molar-refractivity contribution in [2.75, 3.05) is 0 Å². The molecule has 1 aromatic carbocycles. The van der Waals surface area contributed by atoms with Gasteiger partial charge in [-0.3, -0.25) is 0 Å². The fourth-order valence-electron chi connectivity index (χ4n) is 0.870. The van der Waals surface area contributed by atoms with Crippen LogP contribution in [0.15, 0.2) is 30.3 Å². The molecule has 0 aliphatic carbocycles. The van der Waals surface area contributed by atoms with Gasteiger partial charge in [-0.1, -0.05) is 30.3 Å². The second-order valence-electron chi connectivity index (χ2n) is 2.19. The van der Waals surface area contributed by atoms with E-state index in [1.165, 1.54) is 5.56 Å². The monoisotopic (exact) mass is 142 g/mol. The van der Waals surface area contributed by atoms with Crippen LogP contribution in [0.3, 0.4) is 0 Å². The standard InChI is InChI=1S/C9H10O.Li.H/c10-8-4-7-9-5-2-1-3-6-9;;/h1-3,5-6,8H,4,7H2;;. The summed E-state index contributed by atoms with van der Waals surface area (Å²) in [4.78, 5) is 9.98. The Bertz CT molecular complexity index is 196. The molecular weight excluding hydrogens is 131 g/mol. The number of hydrogen-bond acceptors (Lipinski definition) is 1. The summed E-state index contributed by atoms with van der Waals surface area (Å²) >= 11 is 0. The zero-order valence-electron chi connectivity index (χ0n) is 5.79. The predicted octanol–water partition coefficient (Wildman–Crippen LogP) is 1.17. The van der Waals surface area contributed by atoms with E-state index in [0.717, 1.165) is 12.7 Å². The Morgan fingerprint density at radius 1 is 1.18 bits per heavy atom. The molecular formula is C9H11LiO. The Morgan fingerprint density at radius 2 is 1.82 bits per heavy atom. The van der Waals surface area contributed by atoms with E-state index in [1.807, 2.05) is 30.3 Å². The van der Waals surface area contributed by atoms with Crippen LogP contribution in [-0.4, -0.2) is 25.1 Å². The van der Waals surface area contributed by atoms with Gasteiger partial charge in [-0.15, -0.1) is 0 Å². The van der Waals surface area contributed by atoms with Crippen LogP contribution in [0.2, 0.25) is 0 Å². The van der Waals surface area contributed by atoms with Crippen molar-refractivity contribution in [3.05, 3.63) is 35.9 Å². The zero-order chi connectivity index (χ0) is 7.23. The zero-order valence-corrected chi connectivity index (χ0v) is 5.79. The molecule has 0 radical (unpaired) electrons. The predicted molar refractivity (Wildman–Crippen MR) is 48.0 cm³/mol. The third-order valence-electron chi connectivity index (χ3n) is 1.39. The molecule has 54 valence electrons. The summed E-state index contributed by atoms with van der Waals surface area (Å²) in [5.74, 6) is 0. The number of aldehydes is 1. The van der Waals surface area contributed by atoms with Crippen molar-refractivity contribution in [3.8, 4) is 0 Å². The molecule has 0 heterocycles. The SMILES string of the molecule is O=CCCc1ccccc1.[LiH]. The maximum atomic E-state index is 9.98. The summed E-state index contributed by atoms with van der Waals surface area (Å²) in [6.45, 7) is 0. The van der Waals surface area contributed by atoms with Gasteiger partial charge >= 0.3 is 18.9 Å². The van der Waals surface area contributed by atoms with Gasteiger partial charge in [0.15, 0.2) is 0 Å². The Balaban J connectivity index is 0.000001000. The molecule has 1 aromatic rings. The number of aryl methyl sites for hydroxylation is 1. The minimum atomic E-state index is 0. The van der Waals surface area contributed by atoms with E-state index in [1.54, 1.807) is 0 Å². The average Bonchev–Trinajstić information content (AvgIpc) is 2.03. The van der Waals surface area contributed by atoms with Crippen molar-refractivity contribution in [1.29, 1.82) is 0 Å². The molecule has 0 bridgehead atoms. The van der Waals surface area contributed by atoms with E-state index in [-0.39, 0.29) is 18.9 Å². The third-order valence-corrected chi connectivity index (χ3v) is 1.39. The van der Waals surface area contributed by atoms with Crippen LogP contribution in [0.25, 0.3) is 0 Å². The normalized spacial score (nSPS) is 8.36. The Morgan fingerprint density at radius 3 is 2.36 bits per heavy atom.